The largest absolute Gasteiger partial charge is 0.508 e. The number of H-pyrrole nitrogens is 1. The Labute approximate surface area is 854 Å². The number of aliphatic hydroxyl groups is 1. The molecule has 0 aliphatic carbocycles. The maximum Gasteiger partial charge on any atom is 0.407 e. The van der Waals surface area contributed by atoms with Gasteiger partial charge in [-0.05, 0) is 105 Å². The van der Waals surface area contributed by atoms with Crippen LogP contribution in [0.5, 0.6) is 5.75 Å². The number of alkyl carbamates (subject to hydrolysis) is 2. The van der Waals surface area contributed by atoms with E-state index in [4.69, 9.17) is 25.7 Å². The Kier molecular flexibility index (Phi) is 48.8. The molecule has 19 amide bonds. The summed E-state index contributed by atoms with van der Waals surface area (Å²) in [5, 5.41) is 56.1. The number of phenols is 1. The number of primary amides is 2. The number of halogens is 2. The SMILES string of the molecule is CCCC[C@H]1C(=O)N(C)[C@@H](CCCC)C(=O)N[C@@H](CC(C)C)C(=O)N[C@H](C(=O)NCC(N)=O)CSCC(=O)N[C@@H](Cc2ccc(O)cc2)C(=O)N(C)[C@@H](C)C(=O)N[C@@H](CC(N)=O)C(=O)NCCCCC(=O)N[C@@H](CNC(=O)OCCF)C(=O)N[C@@H](CC(C)C)C(=O)N2C[C@H](O)C[C@H]2C(=O)N[C@@H](Cc2c[nH]c3ccccc23)C(=O)N[C@@H](CCNC(=O)OCCF)C(=O)N[C@@H](Cc2cn(CC(=O)OC)c3ccccc23)C(=O)N1C. The Morgan fingerprint density at radius 1 is 0.551 bits per heavy atom. The van der Waals surface area contributed by atoms with Gasteiger partial charge in [0.2, 0.25) is 100 Å². The number of carbonyl (C=O) groups is 20. The van der Waals surface area contributed by atoms with Gasteiger partial charge in [0, 0.05) is 113 Å². The number of phenolic OH excluding ortho intramolecular Hbond substituents is 1. The molecule has 147 heavy (non-hydrogen) atoms. The molecule has 14 atom stereocenters. The number of aromatic nitrogens is 2. The molecule has 7 rings (SSSR count). The Morgan fingerprint density at radius 2 is 1.11 bits per heavy atom. The van der Waals surface area contributed by atoms with E-state index in [9.17, 15) is 81.3 Å². The van der Waals surface area contributed by atoms with Crippen molar-refractivity contribution in [3.63, 3.8) is 0 Å². The number of thioether (sulfide) groups is 1. The second-order valence-corrected chi connectivity index (χ2v) is 38.1. The molecule has 49 heteroatoms. The summed E-state index contributed by atoms with van der Waals surface area (Å²) in [6, 6.07) is -1.92. The highest BCUT2D eigenvalue weighted by molar-refractivity contribution is 8.00. The van der Waals surface area contributed by atoms with Crippen LogP contribution in [0.3, 0.4) is 0 Å². The molecule has 0 spiro atoms. The van der Waals surface area contributed by atoms with Gasteiger partial charge in [0.05, 0.1) is 38.5 Å². The molecular formula is C98H141F2N21O25S. The maximum atomic E-state index is 16.2. The maximum absolute atomic E-state index is 16.2. The minimum Gasteiger partial charge on any atom is -0.508 e. The van der Waals surface area contributed by atoms with Crippen molar-refractivity contribution >= 4 is 152 Å². The summed E-state index contributed by atoms with van der Waals surface area (Å²) in [4.78, 5) is 296. The Hall–Kier alpha value is -14.3. The third-order valence-electron chi connectivity index (χ3n) is 24.7. The zero-order chi connectivity index (χ0) is 108. The van der Waals surface area contributed by atoms with Gasteiger partial charge in [-0.15, -0.1) is 11.8 Å². The van der Waals surface area contributed by atoms with Crippen molar-refractivity contribution in [3.8, 4) is 5.75 Å². The van der Waals surface area contributed by atoms with Crippen LogP contribution in [0.25, 0.3) is 21.8 Å². The molecule has 3 aromatic carbocycles. The normalized spacial score (nSPS) is 22.9. The van der Waals surface area contributed by atoms with Gasteiger partial charge in [0.1, 0.15) is 117 Å². The van der Waals surface area contributed by atoms with Crippen molar-refractivity contribution in [1.82, 2.24) is 98.3 Å². The molecule has 0 bridgehead atoms. The van der Waals surface area contributed by atoms with Crippen LogP contribution in [0.4, 0.5) is 18.4 Å². The number of carbonyl (C=O) groups excluding carboxylic acids is 20. The first-order valence-corrected chi connectivity index (χ1v) is 50.2. The van der Waals surface area contributed by atoms with Gasteiger partial charge >= 0.3 is 18.2 Å². The molecule has 5 aromatic rings. The number of para-hydroxylation sites is 2. The molecule has 808 valence electrons. The Balaban J connectivity index is 1.35. The summed E-state index contributed by atoms with van der Waals surface area (Å²) in [6.07, 6.45) is -3.04. The third-order valence-corrected chi connectivity index (χ3v) is 25.7. The van der Waals surface area contributed by atoms with E-state index in [1.165, 1.54) is 59.4 Å². The summed E-state index contributed by atoms with van der Waals surface area (Å²) < 4.78 is 43.1. The monoisotopic (exact) mass is 2080 g/mol. The van der Waals surface area contributed by atoms with Crippen LogP contribution >= 0.6 is 11.8 Å². The molecule has 0 unspecified atom stereocenters. The number of ether oxygens (including phenoxy) is 3. The van der Waals surface area contributed by atoms with Crippen molar-refractivity contribution in [2.45, 2.75) is 249 Å². The molecular weight excluding hydrogens is 1940 g/mol. The molecule has 4 heterocycles. The number of nitrogens with zero attached hydrogens (tertiary/aromatic N) is 5. The van der Waals surface area contributed by atoms with Crippen LogP contribution in [0.2, 0.25) is 0 Å². The van der Waals surface area contributed by atoms with Crippen molar-refractivity contribution in [2.75, 3.05) is 99.0 Å². The molecule has 2 aromatic heterocycles. The fraction of sp³-hybridized carbons (Fsp3) is 0.571. The molecule has 2 aliphatic rings. The van der Waals surface area contributed by atoms with Gasteiger partial charge in [0.25, 0.3) is 0 Å². The highest BCUT2D eigenvalue weighted by Crippen LogP contribution is 2.29. The zero-order valence-corrected chi connectivity index (χ0v) is 85.5. The number of fused-ring (bicyclic) bond motifs is 3. The summed E-state index contributed by atoms with van der Waals surface area (Å²) in [6.45, 7) is 5.02. The molecule has 2 saturated heterocycles. The van der Waals surface area contributed by atoms with Crippen LogP contribution in [-0.2, 0) is 126 Å². The predicted molar refractivity (Wildman–Crippen MR) is 534 cm³/mol. The summed E-state index contributed by atoms with van der Waals surface area (Å²) in [5.41, 5.74) is 13.2. The van der Waals surface area contributed by atoms with Crippen molar-refractivity contribution in [1.29, 1.82) is 0 Å². The summed E-state index contributed by atoms with van der Waals surface area (Å²) in [7, 11) is 5.01. The lowest BCUT2D eigenvalue weighted by molar-refractivity contribution is -0.149. The number of rotatable bonds is 32. The van der Waals surface area contributed by atoms with Gasteiger partial charge in [-0.2, -0.15) is 0 Å². The number of aromatic amines is 1. The number of nitrogens with two attached hydrogens (primary N) is 2. The van der Waals surface area contributed by atoms with Gasteiger partial charge in [-0.1, -0.05) is 116 Å². The van der Waals surface area contributed by atoms with E-state index in [0.29, 0.717) is 57.8 Å². The van der Waals surface area contributed by atoms with Crippen LogP contribution in [0.15, 0.2) is 85.2 Å². The third kappa shape index (κ3) is 37.6. The van der Waals surface area contributed by atoms with Crippen LogP contribution in [0, 0.1) is 11.8 Å². The van der Waals surface area contributed by atoms with Gasteiger partial charge in [-0.25, -0.2) is 18.4 Å². The van der Waals surface area contributed by atoms with Crippen molar-refractivity contribution in [2.24, 2.45) is 23.3 Å². The quantitative estimate of drug-likeness (QED) is 0.0193. The predicted octanol–water partition coefficient (Wildman–Crippen LogP) is -0.381. The minimum atomic E-state index is -1.86. The number of unbranched alkanes of at least 4 members (excludes halogenated alkanes) is 2. The van der Waals surface area contributed by atoms with Gasteiger partial charge < -0.3 is 134 Å². The molecule has 0 radical (unpaired) electrons. The number of alkyl halides is 2. The first-order chi connectivity index (χ1) is 69.9. The number of amides is 19. The Bertz CT molecular complexity index is 5400. The minimum absolute atomic E-state index is 0.00225. The van der Waals surface area contributed by atoms with E-state index in [0.717, 1.165) is 31.4 Å². The second-order valence-electron chi connectivity index (χ2n) is 37.0. The fourth-order valence-corrected chi connectivity index (χ4v) is 17.6. The Morgan fingerprint density at radius 3 is 1.76 bits per heavy atom. The topological polar surface area (TPSA) is 652 Å². The molecule has 0 saturated carbocycles. The van der Waals surface area contributed by atoms with E-state index in [2.05, 4.69) is 74.1 Å². The summed E-state index contributed by atoms with van der Waals surface area (Å²) in [5.74, 6) is -19.1. The second kappa shape index (κ2) is 60.0. The lowest BCUT2D eigenvalue weighted by Gasteiger charge is -2.36. The summed E-state index contributed by atoms with van der Waals surface area (Å²) >= 11 is 0.766. The molecule has 2 aliphatic heterocycles. The van der Waals surface area contributed by atoms with Crippen molar-refractivity contribution < 1.29 is 129 Å². The van der Waals surface area contributed by atoms with E-state index in [-0.39, 0.29) is 76.1 Å². The number of benzene rings is 3. The van der Waals surface area contributed by atoms with Crippen molar-refractivity contribution in [3.05, 3.63) is 102 Å². The molecule has 2 fully saturated rings. The first kappa shape index (κ1) is 120. The van der Waals surface area contributed by atoms with E-state index >= 15 is 33.6 Å². The average Bonchev–Trinajstić information content (AvgIpc) is 1.67. The van der Waals surface area contributed by atoms with E-state index in [1.807, 2.05) is 13.8 Å². The number of hydrogen-bond donors (Lipinski definition) is 18. The van der Waals surface area contributed by atoms with Gasteiger partial charge in [0.15, 0.2) is 0 Å². The number of aliphatic hydroxyl groups excluding tert-OH is 1. The number of aromatic hydroxyl groups is 1. The number of hydrogen-bond acceptors (Lipinski definition) is 26. The lowest BCUT2D eigenvalue weighted by atomic mass is 9.99. The van der Waals surface area contributed by atoms with Gasteiger partial charge in [-0.3, -0.25) is 86.3 Å². The number of nitrogens with one attached hydrogen (secondary N) is 14. The highest BCUT2D eigenvalue weighted by Gasteiger charge is 2.46. The van der Waals surface area contributed by atoms with E-state index < -0.39 is 312 Å². The molecule has 20 N–H and O–H groups in total. The standard InChI is InChI=1S/C98H141F2N21O25S/c1-12-14-25-76-91(136)112-67(40-55(3)4)88(133)116-74(86(131)106-49-80(102)125)53-147-54-82(127)108-71(42-58-29-31-61(122)32-30-58)93(138)117(8)57(7)84(129)111-69(46-79(101)124)85(130)103-36-21-20-28-81(126)109-73(48-107-98(143)146-39-35-100)90(135)114-70(41-56(5)6)95(140)121-51-62(123)45-78(121)92(137)113-68(43-59-47-105-65-24-18-16-22-63(59)65)89(134)110-66(33-37-104-97(142)145-38-34-99)87(132)115-72(94(139)119(10)77(26-15-13-2)96(141)118(76)9)44-60-50-120(52-83(128)144-11)75-27-19-17-23-64(60)75/h16-19,22-24,27,29-32,47,50,55-57,62,66-74,76-78,105,122-123H,12-15,20-21,25-26,28,33-46,48-49,51-54H2,1-11H3,(H2,101,124)(H2,102,125)(H,103,130)(H,104,142)(H,106,131)(H,107,143)(H,108,127)(H,109,126)(H,110,134)(H,111,129)(H,112,136)(H,113,137)(H,114,135)(H,115,132)(H,116,133)/t57-,62+,66-,67-,68-,69-,70-,71-,72-,73-,74-,76-,77-,78-/m0/s1. The fourth-order valence-electron chi connectivity index (χ4n) is 16.8. The molecule has 46 nitrogen and oxygen atoms in total. The van der Waals surface area contributed by atoms with E-state index in [1.54, 1.807) is 93.2 Å². The average molecular weight is 2080 g/mol. The van der Waals surface area contributed by atoms with Crippen LogP contribution in [-0.4, -0.2) is 342 Å². The zero-order valence-electron chi connectivity index (χ0n) is 84.7. The number of esters is 1. The number of methoxy groups -OCH3 is 1. The first-order valence-electron chi connectivity index (χ1n) is 49.0. The smallest absolute Gasteiger partial charge is 0.407 e. The van der Waals surface area contributed by atoms with Crippen LogP contribution < -0.4 is 80.6 Å². The van der Waals surface area contributed by atoms with Crippen LogP contribution in [0.1, 0.15) is 155 Å². The number of likely N-dealkylation sites (N-methyl/N-ethyl adjacent to an activating group) is 3. The lowest BCUT2D eigenvalue weighted by Crippen LogP contribution is -2.61. The highest BCUT2D eigenvalue weighted by atomic mass is 32.2.